The summed E-state index contributed by atoms with van der Waals surface area (Å²) in [7, 11) is 0. The van der Waals surface area contributed by atoms with Gasteiger partial charge in [0.1, 0.15) is 11.5 Å². The largest absolute Gasteiger partial charge is 0.384 e. The summed E-state index contributed by atoms with van der Waals surface area (Å²) in [5.41, 5.74) is 13.8. The van der Waals surface area contributed by atoms with Crippen LogP contribution in [0.1, 0.15) is 62.9 Å². The van der Waals surface area contributed by atoms with Crippen LogP contribution in [0, 0.1) is 6.92 Å². The van der Waals surface area contributed by atoms with Gasteiger partial charge >= 0.3 is 0 Å². The van der Waals surface area contributed by atoms with Crippen molar-refractivity contribution in [3.63, 3.8) is 0 Å². The number of fused-ring (bicyclic) bond motifs is 3. The van der Waals surface area contributed by atoms with E-state index >= 15 is 0 Å². The van der Waals surface area contributed by atoms with Crippen LogP contribution in [0.4, 0.5) is 5.82 Å². The summed E-state index contributed by atoms with van der Waals surface area (Å²) in [5.74, 6) is 1.12. The molecule has 4 aromatic heterocycles. The third kappa shape index (κ3) is 3.57. The zero-order chi connectivity index (χ0) is 20.5. The van der Waals surface area contributed by atoms with Gasteiger partial charge < -0.3 is 5.73 Å². The van der Waals surface area contributed by atoms with Gasteiger partial charge in [0.2, 0.25) is 0 Å². The molecular weight excluding hydrogens is 358 g/mol. The normalized spacial score (nSPS) is 13.5. The Morgan fingerprint density at radius 3 is 2.55 bits per heavy atom. The molecule has 4 aromatic rings. The third-order valence-electron chi connectivity index (χ3n) is 5.42. The smallest absolute Gasteiger partial charge is 0.145 e. The first kappa shape index (κ1) is 19.4. The van der Waals surface area contributed by atoms with E-state index in [4.69, 9.17) is 10.7 Å². The van der Waals surface area contributed by atoms with Crippen molar-refractivity contribution in [2.24, 2.45) is 0 Å². The molecule has 0 amide bonds. The Labute approximate surface area is 172 Å². The van der Waals surface area contributed by atoms with Gasteiger partial charge in [0.15, 0.2) is 0 Å². The second-order valence-corrected chi connectivity index (χ2v) is 7.60. The highest BCUT2D eigenvalue weighted by Gasteiger charge is 2.27. The zero-order valence-electron chi connectivity index (χ0n) is 17.7. The highest BCUT2D eigenvalue weighted by atomic mass is 15.0. The molecule has 1 fully saturated rings. The van der Waals surface area contributed by atoms with E-state index in [-0.39, 0.29) is 0 Å². The van der Waals surface area contributed by atoms with Crippen molar-refractivity contribution in [3.05, 3.63) is 53.7 Å². The summed E-state index contributed by atoms with van der Waals surface area (Å²) in [6.07, 6.45) is 10.6. The Morgan fingerprint density at radius 1 is 1.07 bits per heavy atom. The fraction of sp³-hybridized carbons (Fsp3) is 0.375. The van der Waals surface area contributed by atoms with E-state index in [1.54, 1.807) is 0 Å². The van der Waals surface area contributed by atoms with Gasteiger partial charge in [-0.05, 0) is 43.9 Å². The Bertz CT molecular complexity index is 1170. The number of hydrogen-bond acceptors (Lipinski definition) is 4. The molecule has 4 heterocycles. The van der Waals surface area contributed by atoms with Gasteiger partial charge in [-0.25, -0.2) is 9.97 Å². The number of pyridine rings is 3. The minimum atomic E-state index is 0.528. The van der Waals surface area contributed by atoms with Crippen molar-refractivity contribution in [1.29, 1.82) is 0 Å². The molecule has 1 aliphatic carbocycles. The van der Waals surface area contributed by atoms with E-state index in [0.29, 0.717) is 11.7 Å². The number of rotatable bonds is 4. The van der Waals surface area contributed by atoms with Crippen molar-refractivity contribution < 1.29 is 0 Å². The van der Waals surface area contributed by atoms with Crippen molar-refractivity contribution in [2.45, 2.75) is 59.3 Å². The lowest BCUT2D eigenvalue weighted by Crippen LogP contribution is -1.98. The average Bonchev–Trinajstić information content (AvgIpc) is 3.48. The zero-order valence-corrected chi connectivity index (χ0v) is 17.7. The van der Waals surface area contributed by atoms with E-state index in [2.05, 4.69) is 46.5 Å². The number of nitrogens with two attached hydrogens (primary N) is 1. The lowest BCUT2D eigenvalue weighted by atomic mass is 10.0. The molecular formula is C24H29N5. The average molecular weight is 388 g/mol. The molecule has 0 atom stereocenters. The molecule has 0 saturated heterocycles. The molecule has 0 bridgehead atoms. The summed E-state index contributed by atoms with van der Waals surface area (Å²) >= 11 is 0. The van der Waals surface area contributed by atoms with Crippen LogP contribution in [-0.2, 0) is 6.42 Å². The Kier molecular flexibility index (Phi) is 5.22. The van der Waals surface area contributed by atoms with Crippen LogP contribution in [-0.4, -0.2) is 19.4 Å². The molecule has 29 heavy (non-hydrogen) atoms. The SMILES string of the molecule is CC.CCCc1cc(C)c(-c2cc3cnc(N)cc3n3cc(C4CC4)nc23)cn1. The van der Waals surface area contributed by atoms with Gasteiger partial charge in [-0.1, -0.05) is 27.2 Å². The fourth-order valence-electron chi connectivity index (χ4n) is 3.85. The third-order valence-corrected chi connectivity index (χ3v) is 5.42. The quantitative estimate of drug-likeness (QED) is 0.488. The number of imidazole rings is 1. The van der Waals surface area contributed by atoms with Crippen LogP contribution in [0.25, 0.3) is 27.7 Å². The molecule has 5 nitrogen and oxygen atoms in total. The molecule has 2 N–H and O–H groups in total. The van der Waals surface area contributed by atoms with Crippen molar-refractivity contribution in [2.75, 3.05) is 5.73 Å². The van der Waals surface area contributed by atoms with E-state index in [1.165, 1.54) is 24.1 Å². The minimum Gasteiger partial charge on any atom is -0.384 e. The van der Waals surface area contributed by atoms with Crippen LogP contribution in [0.5, 0.6) is 0 Å². The molecule has 0 aromatic carbocycles. The topological polar surface area (TPSA) is 69.1 Å². The number of nitrogens with zero attached hydrogens (tertiary/aromatic N) is 4. The molecule has 1 aliphatic rings. The van der Waals surface area contributed by atoms with E-state index in [1.807, 2.05) is 32.3 Å². The Balaban J connectivity index is 0.000000994. The second-order valence-electron chi connectivity index (χ2n) is 7.60. The van der Waals surface area contributed by atoms with E-state index in [9.17, 15) is 0 Å². The van der Waals surface area contributed by atoms with E-state index < -0.39 is 0 Å². The van der Waals surface area contributed by atoms with Crippen LogP contribution in [0.15, 0.2) is 36.8 Å². The molecule has 0 radical (unpaired) electrons. The predicted molar refractivity (Wildman–Crippen MR) is 120 cm³/mol. The molecule has 5 heteroatoms. The van der Waals surface area contributed by atoms with Gasteiger partial charge in [-0.15, -0.1) is 0 Å². The summed E-state index contributed by atoms with van der Waals surface area (Å²) in [6, 6.07) is 6.30. The number of aryl methyl sites for hydroxylation is 2. The van der Waals surface area contributed by atoms with Crippen LogP contribution < -0.4 is 5.73 Å². The number of aromatic nitrogens is 4. The van der Waals surface area contributed by atoms with Crippen molar-refractivity contribution in [3.8, 4) is 11.1 Å². The highest BCUT2D eigenvalue weighted by molar-refractivity contribution is 5.92. The Morgan fingerprint density at radius 2 is 1.86 bits per heavy atom. The lowest BCUT2D eigenvalue weighted by Gasteiger charge is -2.11. The molecule has 5 rings (SSSR count). The maximum absolute atomic E-state index is 5.96. The summed E-state index contributed by atoms with van der Waals surface area (Å²) in [4.78, 5) is 14.0. The highest BCUT2D eigenvalue weighted by Crippen LogP contribution is 2.41. The summed E-state index contributed by atoms with van der Waals surface area (Å²) in [6.45, 7) is 8.34. The predicted octanol–water partition coefficient (Wildman–Crippen LogP) is 5.69. The molecule has 0 unspecified atom stereocenters. The summed E-state index contributed by atoms with van der Waals surface area (Å²) < 4.78 is 2.18. The van der Waals surface area contributed by atoms with Gasteiger partial charge in [0.05, 0.1) is 11.2 Å². The van der Waals surface area contributed by atoms with E-state index in [0.717, 1.165) is 46.2 Å². The fourth-order valence-corrected chi connectivity index (χ4v) is 3.85. The maximum atomic E-state index is 5.96. The first-order chi connectivity index (χ1) is 14.1. The second kappa shape index (κ2) is 7.82. The van der Waals surface area contributed by atoms with Crippen LogP contribution >= 0.6 is 0 Å². The minimum absolute atomic E-state index is 0.528. The number of anilines is 1. The number of hydrogen-bond donors (Lipinski definition) is 1. The monoisotopic (exact) mass is 387 g/mol. The Hall–Kier alpha value is -2.95. The molecule has 0 aliphatic heterocycles. The lowest BCUT2D eigenvalue weighted by molar-refractivity contribution is 0.880. The van der Waals surface area contributed by atoms with Gasteiger partial charge in [-0.2, -0.15) is 0 Å². The number of nitrogen functional groups attached to an aromatic ring is 1. The molecule has 0 spiro atoms. The standard InChI is InChI=1S/C22H23N5.C2H6/c1-3-4-16-7-13(2)18(11-24-16)17-8-15-10-25-21(23)9-20(15)27-12-19(14-5-6-14)26-22(17)27;1-2/h7-12,14H,3-6H2,1-2H3,(H2,23,25);1-2H3. The van der Waals surface area contributed by atoms with Gasteiger partial charge in [0, 0.05) is 52.8 Å². The molecule has 150 valence electrons. The van der Waals surface area contributed by atoms with Crippen molar-refractivity contribution >= 4 is 22.4 Å². The van der Waals surface area contributed by atoms with Crippen molar-refractivity contribution in [1.82, 2.24) is 19.4 Å². The first-order valence-electron chi connectivity index (χ1n) is 10.7. The molecule has 1 saturated carbocycles. The summed E-state index contributed by atoms with van der Waals surface area (Å²) in [5, 5.41) is 1.06. The maximum Gasteiger partial charge on any atom is 0.145 e. The van der Waals surface area contributed by atoms with Gasteiger partial charge in [0.25, 0.3) is 0 Å². The van der Waals surface area contributed by atoms with Gasteiger partial charge in [-0.3, -0.25) is 9.38 Å². The first-order valence-corrected chi connectivity index (χ1v) is 10.7. The van der Waals surface area contributed by atoms with Crippen LogP contribution in [0.2, 0.25) is 0 Å². The van der Waals surface area contributed by atoms with Crippen LogP contribution in [0.3, 0.4) is 0 Å².